The largest absolute Gasteiger partial charge is 0.457 e. The summed E-state index contributed by atoms with van der Waals surface area (Å²) in [6.45, 7) is 2.06. The van der Waals surface area contributed by atoms with Crippen molar-refractivity contribution in [2.45, 2.75) is 45.1 Å². The predicted molar refractivity (Wildman–Crippen MR) is 144 cm³/mol. The predicted octanol–water partition coefficient (Wildman–Crippen LogP) is 8.61. The zero-order chi connectivity index (χ0) is 23.7. The van der Waals surface area contributed by atoms with E-state index in [0.29, 0.717) is 15.7 Å². The zero-order valence-corrected chi connectivity index (χ0v) is 21.9. The van der Waals surface area contributed by atoms with Gasteiger partial charge in [0, 0.05) is 22.2 Å². The number of hydrogen-bond acceptors (Lipinski definition) is 4. The standard InChI is InChI=1S/C27H24BrClN2O2S/c1-17-7-10-19(11-8-17)30-27-31(20-5-3-2-4-6-20)26(32)25(34-27)16-21-12-14-24(33-21)18-9-13-23(29)22(28)15-18/h7-16,20H,2-6H2,1H3/b25-16+,30-27?. The summed E-state index contributed by atoms with van der Waals surface area (Å²) in [5, 5.41) is 1.40. The van der Waals surface area contributed by atoms with Crippen LogP contribution in [0.15, 0.2) is 73.4 Å². The third-order valence-corrected chi connectivity index (χ3v) is 8.34. The van der Waals surface area contributed by atoms with Crippen LogP contribution in [-0.2, 0) is 4.79 Å². The number of benzene rings is 2. The van der Waals surface area contributed by atoms with Gasteiger partial charge in [0.15, 0.2) is 5.17 Å². The number of carbonyl (C=O) groups is 1. The second-order valence-electron chi connectivity index (χ2n) is 8.64. The molecule has 0 unspecified atom stereocenters. The van der Waals surface area contributed by atoms with Crippen LogP contribution >= 0.6 is 39.3 Å². The van der Waals surface area contributed by atoms with Gasteiger partial charge in [-0.1, -0.05) is 48.6 Å². The Hall–Kier alpha value is -2.28. The Kier molecular flexibility index (Phi) is 7.00. The molecule has 3 aromatic rings. The maximum atomic E-state index is 13.5. The minimum Gasteiger partial charge on any atom is -0.457 e. The first kappa shape index (κ1) is 23.5. The minimum absolute atomic E-state index is 0.00921. The molecule has 1 aromatic heterocycles. The van der Waals surface area contributed by atoms with Crippen molar-refractivity contribution < 1.29 is 9.21 Å². The van der Waals surface area contributed by atoms with E-state index < -0.39 is 0 Å². The van der Waals surface area contributed by atoms with Crippen molar-refractivity contribution in [3.63, 3.8) is 0 Å². The van der Waals surface area contributed by atoms with Crippen LogP contribution in [0.5, 0.6) is 0 Å². The van der Waals surface area contributed by atoms with Gasteiger partial charge in [0.2, 0.25) is 0 Å². The molecule has 7 heteroatoms. The quantitative estimate of drug-likeness (QED) is 0.303. The van der Waals surface area contributed by atoms with Crippen molar-refractivity contribution in [1.29, 1.82) is 0 Å². The molecule has 0 N–H and O–H groups in total. The monoisotopic (exact) mass is 554 g/mol. The number of nitrogens with zero attached hydrogens (tertiary/aromatic N) is 2. The van der Waals surface area contributed by atoms with Gasteiger partial charge in [-0.2, -0.15) is 0 Å². The van der Waals surface area contributed by atoms with Crippen molar-refractivity contribution in [2.75, 3.05) is 0 Å². The summed E-state index contributed by atoms with van der Waals surface area (Å²) in [6, 6.07) is 17.7. The lowest BCUT2D eigenvalue weighted by atomic mass is 9.94. The molecule has 1 saturated heterocycles. The number of amides is 1. The first-order valence-electron chi connectivity index (χ1n) is 11.4. The summed E-state index contributed by atoms with van der Waals surface area (Å²) >= 11 is 11.0. The minimum atomic E-state index is 0.00921. The normalized spacial score (nSPS) is 19.5. The van der Waals surface area contributed by atoms with Crippen molar-refractivity contribution in [1.82, 2.24) is 4.90 Å². The van der Waals surface area contributed by atoms with Gasteiger partial charge in [-0.05, 0) is 89.9 Å². The summed E-state index contributed by atoms with van der Waals surface area (Å²) in [4.78, 5) is 20.9. The topological polar surface area (TPSA) is 45.8 Å². The molecule has 2 heterocycles. The highest BCUT2D eigenvalue weighted by Gasteiger charge is 2.38. The van der Waals surface area contributed by atoms with Gasteiger partial charge >= 0.3 is 0 Å². The van der Waals surface area contributed by atoms with Crippen LogP contribution in [0.25, 0.3) is 17.4 Å². The van der Waals surface area contributed by atoms with Crippen LogP contribution in [0.3, 0.4) is 0 Å². The number of hydrogen-bond donors (Lipinski definition) is 0. The summed E-state index contributed by atoms with van der Waals surface area (Å²) < 4.78 is 6.87. The number of furan rings is 1. The molecular formula is C27H24BrClN2O2S. The van der Waals surface area contributed by atoms with Gasteiger partial charge in [0.25, 0.3) is 5.91 Å². The summed E-state index contributed by atoms with van der Waals surface area (Å²) in [6.07, 6.45) is 7.39. The Morgan fingerprint density at radius 2 is 1.85 bits per heavy atom. The van der Waals surface area contributed by atoms with Crippen LogP contribution in [0.4, 0.5) is 5.69 Å². The van der Waals surface area contributed by atoms with E-state index in [1.807, 2.05) is 65.6 Å². The Balaban J connectivity index is 1.45. The fraction of sp³-hybridized carbons (Fsp3) is 0.259. The lowest BCUT2D eigenvalue weighted by Crippen LogP contribution is -2.40. The van der Waals surface area contributed by atoms with Crippen LogP contribution in [-0.4, -0.2) is 22.0 Å². The second-order valence-corrected chi connectivity index (χ2v) is 10.9. The molecule has 0 radical (unpaired) electrons. The first-order chi connectivity index (χ1) is 16.5. The first-order valence-corrected chi connectivity index (χ1v) is 13.4. The highest BCUT2D eigenvalue weighted by atomic mass is 79.9. The maximum Gasteiger partial charge on any atom is 0.267 e. The lowest BCUT2D eigenvalue weighted by molar-refractivity contribution is -0.124. The smallest absolute Gasteiger partial charge is 0.267 e. The number of aryl methyl sites for hydroxylation is 1. The van der Waals surface area contributed by atoms with Crippen LogP contribution in [0.1, 0.15) is 43.4 Å². The van der Waals surface area contributed by atoms with E-state index in [-0.39, 0.29) is 11.9 Å². The van der Waals surface area contributed by atoms with E-state index in [1.165, 1.54) is 23.7 Å². The van der Waals surface area contributed by atoms with Crippen molar-refractivity contribution in [3.05, 3.63) is 80.3 Å². The molecule has 1 saturated carbocycles. The molecule has 2 aromatic carbocycles. The zero-order valence-electron chi connectivity index (χ0n) is 18.8. The van der Waals surface area contributed by atoms with Gasteiger partial charge in [-0.3, -0.25) is 9.69 Å². The van der Waals surface area contributed by atoms with Crippen LogP contribution in [0.2, 0.25) is 5.02 Å². The molecule has 0 spiro atoms. The van der Waals surface area contributed by atoms with Crippen LogP contribution < -0.4 is 0 Å². The Morgan fingerprint density at radius 1 is 1.09 bits per heavy atom. The number of aliphatic imine (C=N–C) groups is 1. The maximum absolute atomic E-state index is 13.5. The van der Waals surface area contributed by atoms with E-state index in [2.05, 4.69) is 22.9 Å². The van der Waals surface area contributed by atoms with Gasteiger partial charge in [-0.15, -0.1) is 0 Å². The van der Waals surface area contributed by atoms with Crippen molar-refractivity contribution >= 4 is 62.1 Å². The van der Waals surface area contributed by atoms with E-state index in [1.54, 1.807) is 0 Å². The third kappa shape index (κ3) is 5.04. The van der Waals surface area contributed by atoms with Gasteiger partial charge < -0.3 is 4.42 Å². The average molecular weight is 556 g/mol. The molecule has 2 fully saturated rings. The molecule has 1 aliphatic carbocycles. The fourth-order valence-corrected chi connectivity index (χ4v) is 5.85. The molecule has 0 atom stereocenters. The van der Waals surface area contributed by atoms with Crippen molar-refractivity contribution in [2.24, 2.45) is 4.99 Å². The molecule has 1 aliphatic heterocycles. The van der Waals surface area contributed by atoms with Crippen LogP contribution in [0, 0.1) is 6.92 Å². The third-order valence-electron chi connectivity index (χ3n) is 6.14. The number of halogens is 2. The van der Waals surface area contributed by atoms with E-state index in [4.69, 9.17) is 21.0 Å². The van der Waals surface area contributed by atoms with E-state index in [9.17, 15) is 4.79 Å². The molecule has 2 aliphatic rings. The molecule has 5 rings (SSSR count). The Labute approximate surface area is 217 Å². The van der Waals surface area contributed by atoms with E-state index >= 15 is 0 Å². The summed E-state index contributed by atoms with van der Waals surface area (Å²) in [7, 11) is 0. The Bertz CT molecular complexity index is 1280. The summed E-state index contributed by atoms with van der Waals surface area (Å²) in [5.74, 6) is 1.37. The molecular weight excluding hydrogens is 532 g/mol. The lowest BCUT2D eigenvalue weighted by Gasteiger charge is -2.30. The highest BCUT2D eigenvalue weighted by Crippen LogP contribution is 2.39. The summed E-state index contributed by atoms with van der Waals surface area (Å²) in [5.41, 5.74) is 2.96. The molecule has 0 bridgehead atoms. The Morgan fingerprint density at radius 3 is 2.59 bits per heavy atom. The highest BCUT2D eigenvalue weighted by molar-refractivity contribution is 9.10. The molecule has 34 heavy (non-hydrogen) atoms. The van der Waals surface area contributed by atoms with Gasteiger partial charge in [0.05, 0.1) is 15.6 Å². The number of rotatable bonds is 4. The van der Waals surface area contributed by atoms with E-state index in [0.717, 1.165) is 52.3 Å². The SMILES string of the molecule is Cc1ccc(N=C2S/C(=C/c3ccc(-c4ccc(Cl)c(Br)c4)o3)C(=O)N2C2CCCCC2)cc1. The average Bonchev–Trinajstić information content (AvgIpc) is 3.42. The van der Waals surface area contributed by atoms with Gasteiger partial charge in [0.1, 0.15) is 11.5 Å². The molecule has 4 nitrogen and oxygen atoms in total. The second kappa shape index (κ2) is 10.1. The number of carbonyl (C=O) groups excluding carboxylic acids is 1. The van der Waals surface area contributed by atoms with Crippen molar-refractivity contribution in [3.8, 4) is 11.3 Å². The van der Waals surface area contributed by atoms with Gasteiger partial charge in [-0.25, -0.2) is 4.99 Å². The number of thioether (sulfide) groups is 1. The molecule has 174 valence electrons. The molecule has 1 amide bonds. The fourth-order valence-electron chi connectivity index (χ4n) is 4.32. The number of amidine groups is 1.